The van der Waals surface area contributed by atoms with Gasteiger partial charge in [0.1, 0.15) is 28.8 Å². The maximum Gasteiger partial charge on any atom is 0.243 e. The molecule has 0 amide bonds. The fraction of sp³-hybridized carbons (Fsp3) is 0.269. The number of aliphatic imine (C=N–C) groups is 1. The molecule has 35 heavy (non-hydrogen) atoms. The Hall–Kier alpha value is -3.43. The van der Waals surface area contributed by atoms with Crippen molar-refractivity contribution in [1.29, 1.82) is 0 Å². The van der Waals surface area contributed by atoms with Crippen LogP contribution in [0.1, 0.15) is 18.1 Å². The normalized spacial score (nSPS) is 18.1. The minimum Gasteiger partial charge on any atom is -0.497 e. The SMILES string of the molecule is COc1ccc2c(c1)Oc1ccccc1N=C2N1CCN(S(=O)(=O)c2ccc(C)c(F)c2)C(C)C1. The first-order valence-corrected chi connectivity index (χ1v) is 12.8. The van der Waals surface area contributed by atoms with Gasteiger partial charge in [0.15, 0.2) is 5.75 Å². The van der Waals surface area contributed by atoms with Gasteiger partial charge in [-0.25, -0.2) is 17.8 Å². The summed E-state index contributed by atoms with van der Waals surface area (Å²) in [6.45, 7) is 4.54. The molecule has 7 nitrogen and oxygen atoms in total. The Balaban J connectivity index is 1.48. The van der Waals surface area contributed by atoms with Gasteiger partial charge in [0.2, 0.25) is 10.0 Å². The van der Waals surface area contributed by atoms with Crippen LogP contribution in [0.2, 0.25) is 0 Å². The van der Waals surface area contributed by atoms with Crippen LogP contribution in [0.3, 0.4) is 0 Å². The topological polar surface area (TPSA) is 71.4 Å². The molecular formula is C26H26FN3O4S. The number of sulfonamides is 1. The van der Waals surface area contributed by atoms with E-state index in [9.17, 15) is 12.8 Å². The number of benzene rings is 3. The molecule has 1 fully saturated rings. The minimum absolute atomic E-state index is 0.0347. The maximum atomic E-state index is 14.1. The van der Waals surface area contributed by atoms with E-state index in [-0.39, 0.29) is 17.5 Å². The molecule has 3 aromatic carbocycles. The zero-order chi connectivity index (χ0) is 24.7. The lowest BCUT2D eigenvalue weighted by atomic mass is 10.1. The van der Waals surface area contributed by atoms with Crippen molar-refractivity contribution in [2.75, 3.05) is 26.7 Å². The summed E-state index contributed by atoms with van der Waals surface area (Å²) in [7, 11) is -2.24. The van der Waals surface area contributed by atoms with Gasteiger partial charge in [-0.2, -0.15) is 4.31 Å². The molecule has 9 heteroatoms. The molecule has 0 radical (unpaired) electrons. The molecule has 3 aromatic rings. The molecule has 2 aliphatic rings. The van der Waals surface area contributed by atoms with Crippen LogP contribution in [-0.4, -0.2) is 56.2 Å². The van der Waals surface area contributed by atoms with Crippen LogP contribution in [0.4, 0.5) is 10.1 Å². The van der Waals surface area contributed by atoms with Crippen LogP contribution >= 0.6 is 0 Å². The van der Waals surface area contributed by atoms with Crippen LogP contribution in [-0.2, 0) is 10.0 Å². The van der Waals surface area contributed by atoms with Crippen molar-refractivity contribution >= 4 is 21.5 Å². The van der Waals surface area contributed by atoms with E-state index in [0.29, 0.717) is 47.4 Å². The van der Waals surface area contributed by atoms with Gasteiger partial charge in [-0.1, -0.05) is 18.2 Å². The lowest BCUT2D eigenvalue weighted by molar-refractivity contribution is 0.205. The summed E-state index contributed by atoms with van der Waals surface area (Å²) in [6, 6.07) is 16.8. The van der Waals surface area contributed by atoms with Gasteiger partial charge in [-0.3, -0.25) is 0 Å². The van der Waals surface area contributed by atoms with E-state index < -0.39 is 15.8 Å². The number of amidine groups is 1. The molecule has 0 aromatic heterocycles. The number of hydrogen-bond donors (Lipinski definition) is 0. The number of rotatable bonds is 3. The first-order chi connectivity index (χ1) is 16.8. The number of fused-ring (bicyclic) bond motifs is 2. The fourth-order valence-electron chi connectivity index (χ4n) is 4.43. The van der Waals surface area contributed by atoms with Crippen LogP contribution < -0.4 is 9.47 Å². The second-order valence-electron chi connectivity index (χ2n) is 8.69. The standard InChI is InChI=1S/C26H26FN3O4S/c1-17-8-10-20(15-22(17)27)35(31,32)30-13-12-29(16-18(30)2)26-21-11-9-19(33-3)14-25(21)34-24-7-5-4-6-23(24)28-26/h4-11,14-15,18H,12-13,16H2,1-3H3. The zero-order valence-electron chi connectivity index (χ0n) is 19.7. The molecule has 1 unspecified atom stereocenters. The second kappa shape index (κ2) is 8.98. The van der Waals surface area contributed by atoms with Crippen LogP contribution in [0.15, 0.2) is 70.6 Å². The van der Waals surface area contributed by atoms with E-state index in [1.54, 1.807) is 14.0 Å². The Morgan fingerprint density at radius 2 is 1.86 bits per heavy atom. The fourth-order valence-corrected chi connectivity index (χ4v) is 6.05. The summed E-state index contributed by atoms with van der Waals surface area (Å²) in [4.78, 5) is 6.96. The lowest BCUT2D eigenvalue weighted by Gasteiger charge is -2.40. The Kier molecular flexibility index (Phi) is 5.98. The highest BCUT2D eigenvalue weighted by Crippen LogP contribution is 2.40. The van der Waals surface area contributed by atoms with E-state index in [1.807, 2.05) is 49.4 Å². The van der Waals surface area contributed by atoms with Crippen molar-refractivity contribution in [3.05, 3.63) is 77.6 Å². The van der Waals surface area contributed by atoms with Crippen molar-refractivity contribution in [3.8, 4) is 17.2 Å². The summed E-state index contributed by atoms with van der Waals surface area (Å²) >= 11 is 0. The van der Waals surface area contributed by atoms with Crippen LogP contribution in [0.25, 0.3) is 0 Å². The van der Waals surface area contributed by atoms with Gasteiger partial charge in [-0.15, -0.1) is 0 Å². The summed E-state index contributed by atoms with van der Waals surface area (Å²) in [5.41, 5.74) is 1.90. The molecule has 0 N–H and O–H groups in total. The molecule has 0 aliphatic carbocycles. The molecule has 2 heterocycles. The number of hydrogen-bond acceptors (Lipinski definition) is 6. The van der Waals surface area contributed by atoms with Gasteiger partial charge in [0.25, 0.3) is 0 Å². The third kappa shape index (κ3) is 4.26. The number of nitrogens with zero attached hydrogens (tertiary/aromatic N) is 3. The number of methoxy groups -OCH3 is 1. The van der Waals surface area contributed by atoms with Crippen molar-refractivity contribution in [1.82, 2.24) is 9.21 Å². The largest absolute Gasteiger partial charge is 0.497 e. The lowest BCUT2D eigenvalue weighted by Crippen LogP contribution is -2.55. The number of para-hydroxylation sites is 2. The number of halogens is 1. The Morgan fingerprint density at radius 1 is 1.06 bits per heavy atom. The molecule has 1 atom stereocenters. The molecular weight excluding hydrogens is 469 g/mol. The van der Waals surface area contributed by atoms with E-state index in [0.717, 1.165) is 11.6 Å². The van der Waals surface area contributed by atoms with Crippen molar-refractivity contribution in [2.24, 2.45) is 4.99 Å². The van der Waals surface area contributed by atoms with Gasteiger partial charge in [0, 0.05) is 31.7 Å². The maximum absolute atomic E-state index is 14.1. The van der Waals surface area contributed by atoms with E-state index in [2.05, 4.69) is 4.90 Å². The van der Waals surface area contributed by atoms with E-state index in [4.69, 9.17) is 14.5 Å². The quantitative estimate of drug-likeness (QED) is 0.526. The number of piperazine rings is 1. The first-order valence-electron chi connectivity index (χ1n) is 11.3. The van der Waals surface area contributed by atoms with Crippen molar-refractivity contribution < 1.29 is 22.3 Å². The smallest absolute Gasteiger partial charge is 0.243 e. The average molecular weight is 496 g/mol. The molecule has 0 spiro atoms. The van der Waals surface area contributed by atoms with Crippen molar-refractivity contribution in [2.45, 2.75) is 24.8 Å². The third-order valence-corrected chi connectivity index (χ3v) is 8.37. The van der Waals surface area contributed by atoms with Gasteiger partial charge < -0.3 is 14.4 Å². The van der Waals surface area contributed by atoms with Crippen LogP contribution in [0, 0.1) is 12.7 Å². The predicted octanol–water partition coefficient (Wildman–Crippen LogP) is 4.72. The zero-order valence-corrected chi connectivity index (χ0v) is 20.5. The molecule has 0 bridgehead atoms. The monoisotopic (exact) mass is 495 g/mol. The van der Waals surface area contributed by atoms with E-state index in [1.165, 1.54) is 16.4 Å². The molecule has 182 valence electrons. The van der Waals surface area contributed by atoms with E-state index >= 15 is 0 Å². The Bertz CT molecular complexity index is 1420. The number of ether oxygens (including phenoxy) is 2. The molecule has 2 aliphatic heterocycles. The second-order valence-corrected chi connectivity index (χ2v) is 10.6. The Labute approximate surface area is 204 Å². The third-order valence-electron chi connectivity index (χ3n) is 6.36. The summed E-state index contributed by atoms with van der Waals surface area (Å²) in [5.74, 6) is 2.09. The molecule has 5 rings (SSSR count). The van der Waals surface area contributed by atoms with Gasteiger partial charge in [-0.05, 0) is 55.8 Å². The highest BCUT2D eigenvalue weighted by molar-refractivity contribution is 7.89. The summed E-state index contributed by atoms with van der Waals surface area (Å²) in [6.07, 6.45) is 0. The van der Waals surface area contributed by atoms with Gasteiger partial charge in [0.05, 0.1) is 17.6 Å². The first kappa shape index (κ1) is 23.3. The Morgan fingerprint density at radius 3 is 2.60 bits per heavy atom. The average Bonchev–Trinajstić information content (AvgIpc) is 3.01. The predicted molar refractivity (Wildman–Crippen MR) is 132 cm³/mol. The number of aryl methyl sites for hydroxylation is 1. The summed E-state index contributed by atoms with van der Waals surface area (Å²) < 4.78 is 53.7. The summed E-state index contributed by atoms with van der Waals surface area (Å²) in [5, 5.41) is 0. The highest BCUT2D eigenvalue weighted by atomic mass is 32.2. The molecule has 0 saturated carbocycles. The van der Waals surface area contributed by atoms with Gasteiger partial charge >= 0.3 is 0 Å². The highest BCUT2D eigenvalue weighted by Gasteiger charge is 2.36. The van der Waals surface area contributed by atoms with Crippen LogP contribution in [0.5, 0.6) is 17.2 Å². The minimum atomic E-state index is -3.84. The molecule has 1 saturated heterocycles. The van der Waals surface area contributed by atoms with Crippen molar-refractivity contribution in [3.63, 3.8) is 0 Å².